The van der Waals surface area contributed by atoms with Gasteiger partial charge in [-0.25, -0.2) is 0 Å². The number of carbonyl (C=O) groups is 2. The third-order valence-corrected chi connectivity index (χ3v) is 3.66. The molecule has 2 amide bonds. The lowest BCUT2D eigenvalue weighted by Gasteiger charge is -2.24. The summed E-state index contributed by atoms with van der Waals surface area (Å²) in [6.45, 7) is 4.44. The van der Waals surface area contributed by atoms with Crippen LogP contribution in [0.1, 0.15) is 20.3 Å². The lowest BCUT2D eigenvalue weighted by Crippen LogP contribution is -2.38. The maximum atomic E-state index is 12.3. The highest BCUT2D eigenvalue weighted by Crippen LogP contribution is 2.26. The zero-order chi connectivity index (χ0) is 14.0. The second kappa shape index (κ2) is 5.43. The number of carbonyl (C=O) groups excluding carboxylic acids is 2. The monoisotopic (exact) mass is 260 g/mol. The molecule has 0 bridgehead atoms. The van der Waals surface area contributed by atoms with Crippen molar-refractivity contribution in [1.29, 1.82) is 0 Å². The molecule has 1 aliphatic rings. The molecular weight excluding hydrogens is 240 g/mol. The number of hydrogen-bond acceptors (Lipinski definition) is 2. The first-order valence-corrected chi connectivity index (χ1v) is 6.62. The fourth-order valence-corrected chi connectivity index (χ4v) is 2.27. The van der Waals surface area contributed by atoms with Crippen LogP contribution in [0, 0.1) is 5.92 Å². The van der Waals surface area contributed by atoms with E-state index in [0.29, 0.717) is 13.0 Å². The fourth-order valence-electron chi connectivity index (χ4n) is 2.27. The van der Waals surface area contributed by atoms with Crippen molar-refractivity contribution in [3.05, 3.63) is 30.3 Å². The van der Waals surface area contributed by atoms with Crippen LogP contribution in [0.5, 0.6) is 0 Å². The van der Waals surface area contributed by atoms with Crippen molar-refractivity contribution >= 4 is 17.5 Å². The second-order valence-corrected chi connectivity index (χ2v) is 5.28. The van der Waals surface area contributed by atoms with E-state index in [2.05, 4.69) is 0 Å². The van der Waals surface area contributed by atoms with Crippen molar-refractivity contribution in [2.75, 3.05) is 18.5 Å². The minimum absolute atomic E-state index is 0.0294. The fraction of sp³-hybridized carbons (Fsp3) is 0.467. The highest BCUT2D eigenvalue weighted by Gasteiger charge is 2.36. The molecule has 1 fully saturated rings. The topological polar surface area (TPSA) is 40.6 Å². The molecule has 1 heterocycles. The third-order valence-electron chi connectivity index (χ3n) is 3.66. The largest absolute Gasteiger partial charge is 0.343 e. The van der Waals surface area contributed by atoms with Gasteiger partial charge in [-0.2, -0.15) is 0 Å². The molecule has 0 spiro atoms. The summed E-state index contributed by atoms with van der Waals surface area (Å²) in [6, 6.07) is 9.68. The molecule has 2 rings (SSSR count). The number of hydrogen-bond donors (Lipinski definition) is 0. The first kappa shape index (κ1) is 13.6. The first-order valence-electron chi connectivity index (χ1n) is 6.62. The van der Waals surface area contributed by atoms with Crippen LogP contribution in [0.4, 0.5) is 5.69 Å². The minimum atomic E-state index is -0.222. The normalized spacial score (nSPS) is 19.1. The van der Waals surface area contributed by atoms with Crippen LogP contribution >= 0.6 is 0 Å². The van der Waals surface area contributed by atoms with Gasteiger partial charge in [0.25, 0.3) is 0 Å². The predicted molar refractivity (Wildman–Crippen MR) is 74.8 cm³/mol. The Bertz CT molecular complexity index is 470. The van der Waals surface area contributed by atoms with Crippen LogP contribution in [-0.4, -0.2) is 36.3 Å². The summed E-state index contributed by atoms with van der Waals surface area (Å²) < 4.78 is 0. The summed E-state index contributed by atoms with van der Waals surface area (Å²) in [5.74, 6) is -0.136. The van der Waals surface area contributed by atoms with E-state index in [-0.39, 0.29) is 23.8 Å². The molecule has 1 aromatic carbocycles. The Balaban J connectivity index is 2.10. The van der Waals surface area contributed by atoms with Crippen LogP contribution in [0.25, 0.3) is 0 Å². The second-order valence-electron chi connectivity index (χ2n) is 5.28. The zero-order valence-electron chi connectivity index (χ0n) is 11.7. The molecule has 0 aliphatic carbocycles. The summed E-state index contributed by atoms with van der Waals surface area (Å²) >= 11 is 0. The average molecular weight is 260 g/mol. The summed E-state index contributed by atoms with van der Waals surface area (Å²) in [7, 11) is 1.79. The number of nitrogens with zero attached hydrogens (tertiary/aromatic N) is 2. The summed E-state index contributed by atoms with van der Waals surface area (Å²) in [5.41, 5.74) is 0.870. The smallest absolute Gasteiger partial charge is 0.227 e. The Morgan fingerprint density at radius 1 is 1.32 bits per heavy atom. The number of benzene rings is 1. The van der Waals surface area contributed by atoms with E-state index in [4.69, 9.17) is 0 Å². The van der Waals surface area contributed by atoms with Gasteiger partial charge in [-0.1, -0.05) is 18.2 Å². The van der Waals surface area contributed by atoms with Gasteiger partial charge >= 0.3 is 0 Å². The number of amides is 2. The van der Waals surface area contributed by atoms with Gasteiger partial charge in [-0.05, 0) is 26.0 Å². The van der Waals surface area contributed by atoms with Gasteiger partial charge in [-0.15, -0.1) is 0 Å². The van der Waals surface area contributed by atoms with E-state index in [0.717, 1.165) is 5.69 Å². The van der Waals surface area contributed by atoms with Gasteiger partial charge in [0, 0.05) is 31.7 Å². The third kappa shape index (κ3) is 2.78. The Hall–Kier alpha value is -1.84. The van der Waals surface area contributed by atoms with E-state index in [9.17, 15) is 9.59 Å². The van der Waals surface area contributed by atoms with Gasteiger partial charge in [0.15, 0.2) is 0 Å². The molecule has 1 saturated heterocycles. The molecule has 4 heteroatoms. The number of anilines is 1. The maximum Gasteiger partial charge on any atom is 0.227 e. The van der Waals surface area contributed by atoms with Crippen LogP contribution in [0.15, 0.2) is 30.3 Å². The molecule has 1 aliphatic heterocycles. The summed E-state index contributed by atoms with van der Waals surface area (Å²) in [6.07, 6.45) is 0.310. The van der Waals surface area contributed by atoms with Crippen molar-refractivity contribution in [3.63, 3.8) is 0 Å². The summed E-state index contributed by atoms with van der Waals surface area (Å²) in [4.78, 5) is 27.7. The molecule has 1 atom stereocenters. The van der Waals surface area contributed by atoms with Crippen molar-refractivity contribution in [3.8, 4) is 0 Å². The van der Waals surface area contributed by atoms with E-state index in [1.54, 1.807) is 16.8 Å². The van der Waals surface area contributed by atoms with Gasteiger partial charge in [0.2, 0.25) is 11.8 Å². The standard InChI is InChI=1S/C15H20N2O2/c1-11(2)16(3)15(19)12-9-14(18)17(10-12)13-7-5-4-6-8-13/h4-8,11-12H,9-10H2,1-3H3/t12-/m1/s1. The highest BCUT2D eigenvalue weighted by molar-refractivity contribution is 6.00. The molecule has 102 valence electrons. The number of para-hydroxylation sites is 1. The van der Waals surface area contributed by atoms with E-state index < -0.39 is 0 Å². The quantitative estimate of drug-likeness (QED) is 0.833. The highest BCUT2D eigenvalue weighted by atomic mass is 16.2. The van der Waals surface area contributed by atoms with Gasteiger partial charge in [-0.3, -0.25) is 9.59 Å². The maximum absolute atomic E-state index is 12.3. The van der Waals surface area contributed by atoms with Gasteiger partial charge < -0.3 is 9.80 Å². The molecule has 1 aromatic rings. The molecule has 0 radical (unpaired) electrons. The Morgan fingerprint density at radius 2 is 1.95 bits per heavy atom. The number of rotatable bonds is 3. The lowest BCUT2D eigenvalue weighted by atomic mass is 10.1. The Morgan fingerprint density at radius 3 is 2.53 bits per heavy atom. The molecule has 0 N–H and O–H groups in total. The van der Waals surface area contributed by atoms with E-state index >= 15 is 0 Å². The van der Waals surface area contributed by atoms with Crippen molar-refractivity contribution in [1.82, 2.24) is 4.90 Å². The Labute approximate surface area is 114 Å². The van der Waals surface area contributed by atoms with Crippen molar-refractivity contribution in [2.45, 2.75) is 26.3 Å². The zero-order valence-corrected chi connectivity index (χ0v) is 11.7. The van der Waals surface area contributed by atoms with E-state index in [1.165, 1.54) is 0 Å². The molecular formula is C15H20N2O2. The SMILES string of the molecule is CC(C)N(C)C(=O)[C@@H]1CC(=O)N(c2ccccc2)C1. The van der Waals surface area contributed by atoms with Crippen LogP contribution in [0.3, 0.4) is 0 Å². The first-order chi connectivity index (χ1) is 9.00. The van der Waals surface area contributed by atoms with Crippen LogP contribution in [-0.2, 0) is 9.59 Å². The molecule has 0 saturated carbocycles. The molecule has 0 unspecified atom stereocenters. The molecule has 4 nitrogen and oxygen atoms in total. The summed E-state index contributed by atoms with van der Waals surface area (Å²) in [5, 5.41) is 0. The minimum Gasteiger partial charge on any atom is -0.343 e. The van der Waals surface area contributed by atoms with Crippen molar-refractivity contribution in [2.24, 2.45) is 5.92 Å². The predicted octanol–water partition coefficient (Wildman–Crippen LogP) is 1.91. The van der Waals surface area contributed by atoms with Gasteiger partial charge in [0.05, 0.1) is 5.92 Å². The van der Waals surface area contributed by atoms with Gasteiger partial charge in [0.1, 0.15) is 0 Å². The molecule has 0 aromatic heterocycles. The average Bonchev–Trinajstić information content (AvgIpc) is 2.80. The van der Waals surface area contributed by atoms with E-state index in [1.807, 2.05) is 44.2 Å². The van der Waals surface area contributed by atoms with Crippen LogP contribution in [0.2, 0.25) is 0 Å². The molecule has 19 heavy (non-hydrogen) atoms. The van der Waals surface area contributed by atoms with Crippen LogP contribution < -0.4 is 4.90 Å². The van der Waals surface area contributed by atoms with Crippen molar-refractivity contribution < 1.29 is 9.59 Å². The Kier molecular flexibility index (Phi) is 3.88. The lowest BCUT2D eigenvalue weighted by molar-refractivity contribution is -0.135.